The van der Waals surface area contributed by atoms with Crippen molar-refractivity contribution in [2.45, 2.75) is 13.1 Å². The maximum Gasteiger partial charge on any atom is 0.237 e. The highest BCUT2D eigenvalue weighted by molar-refractivity contribution is 5.78. The van der Waals surface area contributed by atoms with Crippen molar-refractivity contribution < 1.29 is 9.21 Å². The third-order valence-corrected chi connectivity index (χ3v) is 3.06. The molecular formula is C17H20N2O2. The van der Waals surface area contributed by atoms with Gasteiger partial charge in [-0.3, -0.25) is 4.79 Å². The topological polar surface area (TPSA) is 45.5 Å². The average Bonchev–Trinajstić information content (AvgIpc) is 3.01. The molecular weight excluding hydrogens is 264 g/mol. The molecule has 0 atom stereocenters. The SMILES string of the molecule is C=CCNCC(=O)N(Cc1ccccc1)Cc1ccco1. The monoisotopic (exact) mass is 284 g/mol. The third kappa shape index (κ3) is 4.93. The van der Waals surface area contributed by atoms with Crippen LogP contribution in [0.15, 0.2) is 65.8 Å². The van der Waals surface area contributed by atoms with Gasteiger partial charge in [0.15, 0.2) is 0 Å². The second-order valence-corrected chi connectivity index (χ2v) is 4.73. The van der Waals surface area contributed by atoms with Crippen LogP contribution >= 0.6 is 0 Å². The molecule has 2 rings (SSSR count). The minimum absolute atomic E-state index is 0.0390. The standard InChI is InChI=1S/C17H20N2O2/c1-2-10-18-12-17(20)19(14-16-9-6-11-21-16)13-15-7-4-3-5-8-15/h2-9,11,18H,1,10,12-14H2. The molecule has 2 aromatic rings. The van der Waals surface area contributed by atoms with Gasteiger partial charge in [-0.15, -0.1) is 6.58 Å². The van der Waals surface area contributed by atoms with E-state index in [2.05, 4.69) is 11.9 Å². The molecule has 1 N–H and O–H groups in total. The van der Waals surface area contributed by atoms with E-state index in [1.54, 1.807) is 17.2 Å². The van der Waals surface area contributed by atoms with Crippen LogP contribution in [-0.2, 0) is 17.9 Å². The molecule has 0 spiro atoms. The summed E-state index contributed by atoms with van der Waals surface area (Å²) < 4.78 is 5.35. The van der Waals surface area contributed by atoms with Gasteiger partial charge in [0.05, 0.1) is 19.4 Å². The van der Waals surface area contributed by atoms with E-state index < -0.39 is 0 Å². The summed E-state index contributed by atoms with van der Waals surface area (Å²) in [5, 5.41) is 3.04. The highest BCUT2D eigenvalue weighted by Gasteiger charge is 2.15. The van der Waals surface area contributed by atoms with Crippen molar-refractivity contribution in [3.63, 3.8) is 0 Å². The van der Waals surface area contributed by atoms with Crippen LogP contribution in [0.2, 0.25) is 0 Å². The number of furan rings is 1. The van der Waals surface area contributed by atoms with Crippen LogP contribution in [0.25, 0.3) is 0 Å². The van der Waals surface area contributed by atoms with Gasteiger partial charge < -0.3 is 14.6 Å². The van der Waals surface area contributed by atoms with Crippen LogP contribution in [-0.4, -0.2) is 23.9 Å². The van der Waals surface area contributed by atoms with Crippen molar-refractivity contribution in [1.29, 1.82) is 0 Å². The number of amides is 1. The van der Waals surface area contributed by atoms with Gasteiger partial charge >= 0.3 is 0 Å². The Hall–Kier alpha value is -2.33. The van der Waals surface area contributed by atoms with E-state index in [1.807, 2.05) is 42.5 Å². The van der Waals surface area contributed by atoms with Crippen LogP contribution in [0.4, 0.5) is 0 Å². The number of carbonyl (C=O) groups excluding carboxylic acids is 1. The van der Waals surface area contributed by atoms with E-state index in [0.29, 0.717) is 26.2 Å². The smallest absolute Gasteiger partial charge is 0.237 e. The second-order valence-electron chi connectivity index (χ2n) is 4.73. The molecule has 1 heterocycles. The predicted molar refractivity (Wildman–Crippen MR) is 82.5 cm³/mol. The van der Waals surface area contributed by atoms with Gasteiger partial charge in [-0.05, 0) is 17.7 Å². The first kappa shape index (κ1) is 15.1. The number of hydrogen-bond donors (Lipinski definition) is 1. The van der Waals surface area contributed by atoms with Crippen LogP contribution in [0.1, 0.15) is 11.3 Å². The molecule has 0 aliphatic rings. The molecule has 0 saturated carbocycles. The van der Waals surface area contributed by atoms with E-state index in [-0.39, 0.29) is 5.91 Å². The van der Waals surface area contributed by atoms with E-state index in [1.165, 1.54) is 0 Å². The fourth-order valence-corrected chi connectivity index (χ4v) is 2.02. The van der Waals surface area contributed by atoms with E-state index >= 15 is 0 Å². The molecule has 4 nitrogen and oxygen atoms in total. The van der Waals surface area contributed by atoms with Gasteiger partial charge in [0, 0.05) is 13.1 Å². The molecule has 1 aromatic carbocycles. The lowest BCUT2D eigenvalue weighted by Crippen LogP contribution is -2.37. The number of hydrogen-bond acceptors (Lipinski definition) is 3. The van der Waals surface area contributed by atoms with E-state index in [9.17, 15) is 4.79 Å². The Morgan fingerprint density at radius 1 is 1.19 bits per heavy atom. The average molecular weight is 284 g/mol. The summed E-state index contributed by atoms with van der Waals surface area (Å²) in [7, 11) is 0. The van der Waals surface area contributed by atoms with Crippen molar-refractivity contribution in [1.82, 2.24) is 10.2 Å². The molecule has 1 amide bonds. The summed E-state index contributed by atoms with van der Waals surface area (Å²) >= 11 is 0. The highest BCUT2D eigenvalue weighted by Crippen LogP contribution is 2.10. The lowest BCUT2D eigenvalue weighted by Gasteiger charge is -2.22. The Labute approximate surface area is 125 Å². The van der Waals surface area contributed by atoms with Crippen molar-refractivity contribution in [3.8, 4) is 0 Å². The quantitative estimate of drug-likeness (QED) is 0.598. The van der Waals surface area contributed by atoms with Crippen molar-refractivity contribution in [2.24, 2.45) is 0 Å². The van der Waals surface area contributed by atoms with Crippen molar-refractivity contribution >= 4 is 5.91 Å². The summed E-state index contributed by atoms with van der Waals surface area (Å²) in [5.41, 5.74) is 1.10. The van der Waals surface area contributed by atoms with Crippen LogP contribution in [0.3, 0.4) is 0 Å². The first-order valence-electron chi connectivity index (χ1n) is 6.95. The first-order valence-corrected chi connectivity index (χ1v) is 6.95. The Balaban J connectivity index is 2.02. The van der Waals surface area contributed by atoms with Gasteiger partial charge in [0.25, 0.3) is 0 Å². The number of nitrogens with zero attached hydrogens (tertiary/aromatic N) is 1. The Bertz CT molecular complexity index is 549. The molecule has 0 fully saturated rings. The molecule has 0 aliphatic carbocycles. The molecule has 0 radical (unpaired) electrons. The van der Waals surface area contributed by atoms with Gasteiger partial charge in [0.1, 0.15) is 5.76 Å². The Morgan fingerprint density at radius 2 is 2.00 bits per heavy atom. The van der Waals surface area contributed by atoms with Gasteiger partial charge in [-0.1, -0.05) is 36.4 Å². The summed E-state index contributed by atoms with van der Waals surface area (Å²) in [4.78, 5) is 14.1. The first-order chi connectivity index (χ1) is 10.3. The summed E-state index contributed by atoms with van der Waals surface area (Å²) in [6, 6.07) is 13.6. The molecule has 0 aliphatic heterocycles. The summed E-state index contributed by atoms with van der Waals surface area (Å²) in [5.74, 6) is 0.820. The second kappa shape index (κ2) is 8.07. The molecule has 0 unspecified atom stereocenters. The van der Waals surface area contributed by atoms with Crippen LogP contribution in [0, 0.1) is 0 Å². The number of benzene rings is 1. The number of carbonyl (C=O) groups is 1. The summed E-state index contributed by atoms with van der Waals surface area (Å²) in [6.45, 7) is 5.57. The fraction of sp³-hybridized carbons (Fsp3) is 0.235. The number of rotatable bonds is 8. The predicted octanol–water partition coefficient (Wildman–Crippen LogP) is 2.58. The molecule has 0 saturated heterocycles. The van der Waals surface area contributed by atoms with E-state index in [4.69, 9.17) is 4.42 Å². The van der Waals surface area contributed by atoms with Gasteiger partial charge in [-0.2, -0.15) is 0 Å². The van der Waals surface area contributed by atoms with Crippen molar-refractivity contribution in [2.75, 3.05) is 13.1 Å². The molecule has 110 valence electrons. The third-order valence-electron chi connectivity index (χ3n) is 3.06. The van der Waals surface area contributed by atoms with Crippen LogP contribution in [0.5, 0.6) is 0 Å². The zero-order chi connectivity index (χ0) is 14.9. The minimum atomic E-state index is 0.0390. The lowest BCUT2D eigenvalue weighted by atomic mass is 10.2. The Kier molecular flexibility index (Phi) is 5.79. The van der Waals surface area contributed by atoms with Crippen molar-refractivity contribution in [3.05, 3.63) is 72.7 Å². The van der Waals surface area contributed by atoms with Gasteiger partial charge in [-0.25, -0.2) is 0 Å². The fourth-order valence-electron chi connectivity index (χ4n) is 2.02. The molecule has 0 bridgehead atoms. The molecule has 1 aromatic heterocycles. The number of nitrogens with one attached hydrogen (secondary N) is 1. The zero-order valence-electron chi connectivity index (χ0n) is 12.0. The Morgan fingerprint density at radius 3 is 2.67 bits per heavy atom. The maximum absolute atomic E-state index is 12.3. The highest BCUT2D eigenvalue weighted by atomic mass is 16.3. The molecule has 4 heteroatoms. The van der Waals surface area contributed by atoms with Crippen LogP contribution < -0.4 is 5.32 Å². The van der Waals surface area contributed by atoms with Gasteiger partial charge in [0.2, 0.25) is 5.91 Å². The largest absolute Gasteiger partial charge is 0.467 e. The molecule has 21 heavy (non-hydrogen) atoms. The maximum atomic E-state index is 12.3. The lowest BCUT2D eigenvalue weighted by molar-refractivity contribution is -0.131. The minimum Gasteiger partial charge on any atom is -0.467 e. The normalized spacial score (nSPS) is 10.3. The zero-order valence-corrected chi connectivity index (χ0v) is 12.0. The summed E-state index contributed by atoms with van der Waals surface area (Å²) in [6.07, 6.45) is 3.36. The van der Waals surface area contributed by atoms with E-state index in [0.717, 1.165) is 11.3 Å².